The number of unbranched alkanes of at least 4 members (excludes halogenated alkanes) is 1. The molecule has 13 heteroatoms. The molecule has 0 atom stereocenters. The van der Waals surface area contributed by atoms with E-state index in [2.05, 4.69) is 16.9 Å². The lowest BCUT2D eigenvalue weighted by Crippen LogP contribution is -2.07. The van der Waals surface area contributed by atoms with Gasteiger partial charge in [0.1, 0.15) is 22.8 Å². The van der Waals surface area contributed by atoms with Crippen molar-refractivity contribution >= 4 is 41.7 Å². The first kappa shape index (κ1) is 28.2. The lowest BCUT2D eigenvalue weighted by atomic mass is 10.1. The van der Waals surface area contributed by atoms with Crippen molar-refractivity contribution in [2.24, 2.45) is 4.99 Å². The van der Waals surface area contributed by atoms with Gasteiger partial charge in [-0.2, -0.15) is 0 Å². The zero-order valence-corrected chi connectivity index (χ0v) is 22.3. The maximum atomic E-state index is 11.4. The van der Waals surface area contributed by atoms with Gasteiger partial charge in [-0.15, -0.1) is 0 Å². The van der Waals surface area contributed by atoms with E-state index in [1.165, 1.54) is 24.3 Å². The van der Waals surface area contributed by atoms with Crippen LogP contribution < -0.4 is 10.3 Å². The normalized spacial score (nSPS) is 11.7. The minimum Gasteiger partial charge on any atom is -0.508 e. The second kappa shape index (κ2) is 12.4. The van der Waals surface area contributed by atoms with Gasteiger partial charge in [-0.1, -0.05) is 19.4 Å². The van der Waals surface area contributed by atoms with Crippen molar-refractivity contribution in [1.29, 1.82) is 0 Å². The van der Waals surface area contributed by atoms with Crippen molar-refractivity contribution in [2.75, 3.05) is 25.5 Å². The fourth-order valence-corrected chi connectivity index (χ4v) is 4.74. The third-order valence-electron chi connectivity index (χ3n) is 6.15. The highest BCUT2D eigenvalue weighted by Gasteiger charge is 2.21. The Labute approximate surface area is 224 Å². The number of nitrogen functional groups attached to an aromatic ring is 1. The van der Waals surface area contributed by atoms with E-state index in [0.717, 1.165) is 35.1 Å². The summed E-state index contributed by atoms with van der Waals surface area (Å²) in [6.07, 6.45) is 4.57. The summed E-state index contributed by atoms with van der Waals surface area (Å²) < 4.78 is 23.6. The van der Waals surface area contributed by atoms with Crippen molar-refractivity contribution in [3.05, 3.63) is 53.3 Å². The number of anilines is 1. The number of benzene rings is 2. The average Bonchev–Trinajstić information content (AvgIpc) is 3.25. The monoisotopic (exact) mass is 555 g/mol. The van der Waals surface area contributed by atoms with Crippen LogP contribution in [-0.2, 0) is 33.5 Å². The van der Waals surface area contributed by atoms with Gasteiger partial charge in [-0.25, -0.2) is 24.3 Å². The average molecular weight is 556 g/mol. The molecular formula is C26H30N5O7P. The van der Waals surface area contributed by atoms with Gasteiger partial charge in [0.25, 0.3) is 0 Å². The Morgan fingerprint density at radius 3 is 2.69 bits per heavy atom. The number of isocyanates is 1. The number of hydrogen-bond donors (Lipinski definition) is 4. The number of phosphoric ester groups is 1. The molecule has 0 fully saturated rings. The van der Waals surface area contributed by atoms with E-state index in [1.807, 2.05) is 22.8 Å². The highest BCUT2D eigenvalue weighted by Crippen LogP contribution is 2.39. The molecule has 2 aromatic carbocycles. The summed E-state index contributed by atoms with van der Waals surface area (Å²) in [5.74, 6) is 0.906. The van der Waals surface area contributed by atoms with Gasteiger partial charge in [0.2, 0.25) is 6.08 Å². The first-order valence-electron chi connectivity index (χ1n) is 12.5. The number of nitrogens with two attached hydrogens (primary N) is 1. The Morgan fingerprint density at radius 1 is 1.13 bits per heavy atom. The van der Waals surface area contributed by atoms with Gasteiger partial charge in [0.15, 0.2) is 5.82 Å². The molecule has 39 heavy (non-hydrogen) atoms. The molecule has 2 aromatic heterocycles. The quantitative estimate of drug-likeness (QED) is 0.0822. The van der Waals surface area contributed by atoms with Crippen LogP contribution in [0.5, 0.6) is 11.5 Å². The molecule has 4 rings (SSSR count). The zero-order valence-electron chi connectivity index (χ0n) is 21.4. The van der Waals surface area contributed by atoms with Crippen LogP contribution in [0.15, 0.2) is 41.4 Å². The number of aryl methyl sites for hydroxylation is 1. The van der Waals surface area contributed by atoms with Crippen LogP contribution in [0, 0.1) is 0 Å². The fourth-order valence-electron chi connectivity index (χ4n) is 4.36. The molecule has 0 aliphatic carbocycles. The molecule has 4 aromatic rings. The second-order valence-corrected chi connectivity index (χ2v) is 10.1. The van der Waals surface area contributed by atoms with Crippen LogP contribution in [0.25, 0.3) is 21.9 Å². The van der Waals surface area contributed by atoms with E-state index in [9.17, 15) is 24.3 Å². The number of aliphatic imine (C=N–C) groups is 1. The summed E-state index contributed by atoms with van der Waals surface area (Å²) in [4.78, 5) is 41.5. The minimum atomic E-state index is -4.78. The van der Waals surface area contributed by atoms with Crippen LogP contribution in [-0.4, -0.2) is 55.3 Å². The predicted molar refractivity (Wildman–Crippen MR) is 145 cm³/mol. The molecule has 12 nitrogen and oxygen atoms in total. The van der Waals surface area contributed by atoms with Crippen LogP contribution in [0.4, 0.5) is 5.82 Å². The van der Waals surface area contributed by atoms with Crippen LogP contribution in [0.2, 0.25) is 0 Å². The van der Waals surface area contributed by atoms with Crippen LogP contribution in [0.3, 0.4) is 0 Å². The standard InChI is InChI=1S/C26H30N5O7P/c1-2-3-4-23-30-24-25(31(23)15-18-14-19(6-8-22(18)33)38-39(34,35)36)20-13-17(5-7-21(20)29-26(24)27)9-11-37-12-10-28-16-32/h5-8,13-14,33H,2-4,9-12,15H2,1H3,(H2,27,29)(H2,34,35,36). The Bertz CT molecular complexity index is 1580. The molecule has 0 unspecified atom stereocenters. The Balaban J connectivity index is 1.78. The highest BCUT2D eigenvalue weighted by atomic mass is 31.2. The first-order chi connectivity index (χ1) is 18.7. The SMILES string of the molecule is CCCCc1nc2c(N)nc3ccc(CCOCCN=C=O)cc3c2n1Cc1cc(OP(=O)(O)O)ccc1O. The Kier molecular flexibility index (Phi) is 8.96. The van der Waals surface area contributed by atoms with E-state index in [-0.39, 0.29) is 30.4 Å². The summed E-state index contributed by atoms with van der Waals surface area (Å²) in [5, 5.41) is 11.4. The molecule has 206 valence electrons. The number of pyridine rings is 1. The van der Waals surface area contributed by atoms with Gasteiger partial charge in [0.05, 0.1) is 37.3 Å². The van der Waals surface area contributed by atoms with E-state index in [0.29, 0.717) is 42.7 Å². The van der Waals surface area contributed by atoms with Crippen LogP contribution >= 0.6 is 7.82 Å². The number of nitrogens with zero attached hydrogens (tertiary/aromatic N) is 4. The number of phenolic OH excluding ortho intramolecular Hbond substituents is 1. The number of ether oxygens (including phenoxy) is 1. The highest BCUT2D eigenvalue weighted by molar-refractivity contribution is 7.46. The number of imidazole rings is 1. The largest absolute Gasteiger partial charge is 0.524 e. The van der Waals surface area contributed by atoms with E-state index >= 15 is 0 Å². The number of aromatic nitrogens is 3. The number of hydrogen-bond acceptors (Lipinski definition) is 9. The number of rotatable bonds is 13. The minimum absolute atomic E-state index is 0.0561. The maximum Gasteiger partial charge on any atom is 0.524 e. The van der Waals surface area contributed by atoms with E-state index < -0.39 is 7.82 Å². The summed E-state index contributed by atoms with van der Waals surface area (Å²) in [7, 11) is -4.78. The number of phosphoric acid groups is 1. The lowest BCUT2D eigenvalue weighted by Gasteiger charge is -2.14. The predicted octanol–water partition coefficient (Wildman–Crippen LogP) is 3.63. The van der Waals surface area contributed by atoms with E-state index in [1.54, 1.807) is 0 Å². The van der Waals surface area contributed by atoms with E-state index in [4.69, 9.17) is 20.0 Å². The molecule has 5 N–H and O–H groups in total. The summed E-state index contributed by atoms with van der Waals surface area (Å²) in [6.45, 7) is 3.26. The van der Waals surface area contributed by atoms with Crippen molar-refractivity contribution in [3.63, 3.8) is 0 Å². The number of phenols is 1. The summed E-state index contributed by atoms with van der Waals surface area (Å²) >= 11 is 0. The van der Waals surface area contributed by atoms with Crippen molar-refractivity contribution in [2.45, 2.75) is 39.2 Å². The van der Waals surface area contributed by atoms with Gasteiger partial charge in [-0.3, -0.25) is 9.79 Å². The zero-order chi connectivity index (χ0) is 28.0. The molecule has 0 saturated carbocycles. The number of carbonyl (C=O) groups excluding carboxylic acids is 1. The third-order valence-corrected chi connectivity index (χ3v) is 6.60. The molecule has 0 bridgehead atoms. The summed E-state index contributed by atoms with van der Waals surface area (Å²) in [5.41, 5.74) is 9.67. The van der Waals surface area contributed by atoms with Crippen LogP contribution in [0.1, 0.15) is 36.7 Å². The Morgan fingerprint density at radius 2 is 1.95 bits per heavy atom. The molecule has 0 saturated heterocycles. The second-order valence-electron chi connectivity index (χ2n) is 8.97. The van der Waals surface area contributed by atoms with Crippen molar-refractivity contribution < 1.29 is 33.5 Å². The third kappa shape index (κ3) is 7.00. The van der Waals surface area contributed by atoms with Gasteiger partial charge < -0.3 is 24.7 Å². The molecule has 0 radical (unpaired) electrons. The lowest BCUT2D eigenvalue weighted by molar-refractivity contribution is 0.145. The molecular weight excluding hydrogens is 525 g/mol. The smallest absolute Gasteiger partial charge is 0.508 e. The maximum absolute atomic E-state index is 11.4. The van der Waals surface area contributed by atoms with Gasteiger partial charge in [-0.05, 0) is 48.7 Å². The molecule has 0 spiro atoms. The van der Waals surface area contributed by atoms with Crippen molar-refractivity contribution in [1.82, 2.24) is 14.5 Å². The fraction of sp³-hybridized carbons (Fsp3) is 0.346. The van der Waals surface area contributed by atoms with Gasteiger partial charge >= 0.3 is 7.82 Å². The Hall–Kier alpha value is -3.79. The topological polar surface area (TPSA) is 182 Å². The molecule has 0 aliphatic rings. The summed E-state index contributed by atoms with van der Waals surface area (Å²) in [6, 6.07) is 9.85. The molecule has 0 amide bonds. The molecule has 0 aliphatic heterocycles. The molecule has 2 heterocycles. The van der Waals surface area contributed by atoms with Gasteiger partial charge in [0, 0.05) is 17.4 Å². The number of fused-ring (bicyclic) bond motifs is 3. The first-order valence-corrected chi connectivity index (χ1v) is 14.0. The number of aromatic hydroxyl groups is 1. The van der Waals surface area contributed by atoms with Crippen molar-refractivity contribution in [3.8, 4) is 11.5 Å².